The number of benzene rings is 2. The van der Waals surface area contributed by atoms with Crippen molar-refractivity contribution in [3.8, 4) is 5.75 Å². The first-order valence-corrected chi connectivity index (χ1v) is 6.65. The summed E-state index contributed by atoms with van der Waals surface area (Å²) in [7, 11) is 0. The number of rotatable bonds is 2. The number of amides is 1. The van der Waals surface area contributed by atoms with Crippen LogP contribution in [0, 0.1) is 0 Å². The summed E-state index contributed by atoms with van der Waals surface area (Å²) < 4.78 is 0. The molecule has 3 rings (SSSR count). The maximum atomic E-state index is 12.2. The molecule has 2 aromatic rings. The van der Waals surface area contributed by atoms with Gasteiger partial charge in [0, 0.05) is 11.6 Å². The van der Waals surface area contributed by atoms with E-state index in [9.17, 15) is 9.90 Å². The number of nitrogen functional groups attached to an aromatic ring is 1. The van der Waals surface area contributed by atoms with Gasteiger partial charge in [0.05, 0.1) is 11.4 Å². The third-order valence-corrected chi connectivity index (χ3v) is 3.64. The summed E-state index contributed by atoms with van der Waals surface area (Å²) in [6, 6.07) is 10.3. The van der Waals surface area contributed by atoms with Crippen molar-refractivity contribution < 1.29 is 9.90 Å². The summed E-state index contributed by atoms with van der Waals surface area (Å²) in [5.74, 6) is -0.102. The number of phenolic OH excluding ortho intramolecular Hbond substituents is 1. The van der Waals surface area contributed by atoms with Crippen molar-refractivity contribution in [2.45, 2.75) is 19.3 Å². The molecule has 4 heteroatoms. The third-order valence-electron chi connectivity index (χ3n) is 3.64. The Morgan fingerprint density at radius 2 is 1.90 bits per heavy atom. The van der Waals surface area contributed by atoms with E-state index in [0.29, 0.717) is 16.9 Å². The molecule has 0 fully saturated rings. The second-order valence-corrected chi connectivity index (χ2v) is 5.06. The molecule has 0 aromatic heterocycles. The van der Waals surface area contributed by atoms with Gasteiger partial charge >= 0.3 is 0 Å². The smallest absolute Gasteiger partial charge is 0.255 e. The van der Waals surface area contributed by atoms with Crippen molar-refractivity contribution in [2.24, 2.45) is 0 Å². The lowest BCUT2D eigenvalue weighted by atomic mass is 10.1. The second kappa shape index (κ2) is 4.89. The van der Waals surface area contributed by atoms with Crippen LogP contribution in [0.15, 0.2) is 36.4 Å². The van der Waals surface area contributed by atoms with Crippen molar-refractivity contribution in [3.05, 3.63) is 53.1 Å². The molecule has 0 bridgehead atoms. The zero-order valence-electron chi connectivity index (χ0n) is 11.0. The molecule has 1 aliphatic rings. The van der Waals surface area contributed by atoms with Gasteiger partial charge in [-0.1, -0.05) is 6.07 Å². The topological polar surface area (TPSA) is 75.3 Å². The molecular formula is C16H16N2O2. The van der Waals surface area contributed by atoms with Crippen LogP contribution in [0.4, 0.5) is 11.4 Å². The standard InChI is InChI=1S/C16H16N2O2/c17-14-9-13(19)6-7-15(14)18-16(20)12-5-4-10-2-1-3-11(10)8-12/h4-9,19H,1-3,17H2,(H,18,20). The van der Waals surface area contributed by atoms with Gasteiger partial charge in [-0.25, -0.2) is 0 Å². The van der Waals surface area contributed by atoms with E-state index >= 15 is 0 Å². The molecule has 1 aliphatic carbocycles. The highest BCUT2D eigenvalue weighted by Crippen LogP contribution is 2.25. The second-order valence-electron chi connectivity index (χ2n) is 5.06. The Morgan fingerprint density at radius 1 is 1.10 bits per heavy atom. The van der Waals surface area contributed by atoms with Crippen LogP contribution in [0.25, 0.3) is 0 Å². The van der Waals surface area contributed by atoms with E-state index in [1.54, 1.807) is 6.07 Å². The molecule has 4 N–H and O–H groups in total. The number of hydrogen-bond donors (Lipinski definition) is 3. The van der Waals surface area contributed by atoms with Crippen molar-refractivity contribution in [1.29, 1.82) is 0 Å². The van der Waals surface area contributed by atoms with Crippen LogP contribution in [0.5, 0.6) is 5.75 Å². The molecule has 0 unspecified atom stereocenters. The Morgan fingerprint density at radius 3 is 2.70 bits per heavy atom. The lowest BCUT2D eigenvalue weighted by Gasteiger charge is -2.09. The molecule has 2 aromatic carbocycles. The lowest BCUT2D eigenvalue weighted by molar-refractivity contribution is 0.102. The fourth-order valence-electron chi connectivity index (χ4n) is 2.57. The number of aromatic hydroxyl groups is 1. The Balaban J connectivity index is 1.82. The summed E-state index contributed by atoms with van der Waals surface area (Å²) in [5, 5.41) is 12.1. The molecule has 0 spiro atoms. The predicted molar refractivity (Wildman–Crippen MR) is 78.9 cm³/mol. The minimum Gasteiger partial charge on any atom is -0.508 e. The predicted octanol–water partition coefficient (Wildman–Crippen LogP) is 2.72. The number of hydrogen-bond acceptors (Lipinski definition) is 3. The Kier molecular flexibility index (Phi) is 3.06. The molecule has 0 radical (unpaired) electrons. The molecule has 102 valence electrons. The van der Waals surface area contributed by atoms with E-state index in [0.717, 1.165) is 19.3 Å². The molecule has 0 aliphatic heterocycles. The van der Waals surface area contributed by atoms with Gasteiger partial charge in [-0.05, 0) is 54.7 Å². The van der Waals surface area contributed by atoms with Crippen molar-refractivity contribution in [2.75, 3.05) is 11.1 Å². The largest absolute Gasteiger partial charge is 0.508 e. The summed E-state index contributed by atoms with van der Waals surface area (Å²) in [6.45, 7) is 0. The molecular weight excluding hydrogens is 252 g/mol. The fraction of sp³-hybridized carbons (Fsp3) is 0.188. The minimum atomic E-state index is -0.183. The van der Waals surface area contributed by atoms with Crippen molar-refractivity contribution in [3.63, 3.8) is 0 Å². The van der Waals surface area contributed by atoms with Crippen LogP contribution in [-0.4, -0.2) is 11.0 Å². The summed E-state index contributed by atoms with van der Waals surface area (Å²) in [4.78, 5) is 12.2. The van der Waals surface area contributed by atoms with Gasteiger partial charge in [-0.15, -0.1) is 0 Å². The van der Waals surface area contributed by atoms with Gasteiger partial charge in [0.15, 0.2) is 0 Å². The van der Waals surface area contributed by atoms with Gasteiger partial charge in [0.1, 0.15) is 5.75 Å². The quantitative estimate of drug-likeness (QED) is 0.579. The Labute approximate surface area is 117 Å². The number of fused-ring (bicyclic) bond motifs is 1. The zero-order valence-corrected chi connectivity index (χ0v) is 11.0. The molecule has 0 heterocycles. The average Bonchev–Trinajstić information content (AvgIpc) is 2.89. The van der Waals surface area contributed by atoms with Gasteiger partial charge in [0.2, 0.25) is 0 Å². The minimum absolute atomic E-state index is 0.0815. The van der Waals surface area contributed by atoms with Crippen LogP contribution < -0.4 is 11.1 Å². The maximum Gasteiger partial charge on any atom is 0.255 e. The van der Waals surface area contributed by atoms with Crippen LogP contribution >= 0.6 is 0 Å². The zero-order chi connectivity index (χ0) is 14.1. The van der Waals surface area contributed by atoms with Crippen LogP contribution in [0.1, 0.15) is 27.9 Å². The number of carbonyl (C=O) groups is 1. The average molecular weight is 268 g/mol. The highest BCUT2D eigenvalue weighted by Gasteiger charge is 2.14. The van der Waals surface area contributed by atoms with Gasteiger partial charge in [-0.2, -0.15) is 0 Å². The molecule has 4 nitrogen and oxygen atoms in total. The van der Waals surface area contributed by atoms with E-state index < -0.39 is 0 Å². The van der Waals surface area contributed by atoms with E-state index in [2.05, 4.69) is 5.32 Å². The summed E-state index contributed by atoms with van der Waals surface area (Å²) in [6.07, 6.45) is 3.30. The molecule has 1 amide bonds. The van der Waals surface area contributed by atoms with Crippen LogP contribution in [0.3, 0.4) is 0 Å². The fourth-order valence-corrected chi connectivity index (χ4v) is 2.57. The van der Waals surface area contributed by atoms with E-state index in [-0.39, 0.29) is 11.7 Å². The molecule has 0 saturated carbocycles. The normalized spacial score (nSPS) is 13.0. The van der Waals surface area contributed by atoms with Gasteiger partial charge < -0.3 is 16.2 Å². The third kappa shape index (κ3) is 2.32. The van der Waals surface area contributed by atoms with E-state index in [4.69, 9.17) is 5.73 Å². The number of phenols is 1. The molecule has 0 atom stereocenters. The summed E-state index contributed by atoms with van der Waals surface area (Å²) >= 11 is 0. The first-order valence-electron chi connectivity index (χ1n) is 6.65. The molecule has 20 heavy (non-hydrogen) atoms. The monoisotopic (exact) mass is 268 g/mol. The SMILES string of the molecule is Nc1cc(O)ccc1NC(=O)c1ccc2c(c1)CCC2. The van der Waals surface area contributed by atoms with Crippen molar-refractivity contribution in [1.82, 2.24) is 0 Å². The Bertz CT molecular complexity index is 680. The summed E-state index contributed by atoms with van der Waals surface area (Å²) in [5.41, 5.74) is 9.85. The highest BCUT2D eigenvalue weighted by molar-refractivity contribution is 6.06. The maximum absolute atomic E-state index is 12.2. The lowest BCUT2D eigenvalue weighted by Crippen LogP contribution is -2.13. The number of anilines is 2. The Hall–Kier alpha value is -2.49. The molecule has 0 saturated heterocycles. The first-order chi connectivity index (χ1) is 9.63. The van der Waals surface area contributed by atoms with E-state index in [1.807, 2.05) is 18.2 Å². The van der Waals surface area contributed by atoms with Gasteiger partial charge in [0.25, 0.3) is 5.91 Å². The van der Waals surface area contributed by atoms with Gasteiger partial charge in [-0.3, -0.25) is 4.79 Å². The van der Waals surface area contributed by atoms with E-state index in [1.165, 1.54) is 23.3 Å². The van der Waals surface area contributed by atoms with Crippen molar-refractivity contribution >= 4 is 17.3 Å². The number of aryl methyl sites for hydroxylation is 2. The van der Waals surface area contributed by atoms with Crippen LogP contribution in [-0.2, 0) is 12.8 Å². The highest BCUT2D eigenvalue weighted by atomic mass is 16.3. The van der Waals surface area contributed by atoms with Crippen LogP contribution in [0.2, 0.25) is 0 Å². The first kappa shape index (κ1) is 12.5. The number of carbonyl (C=O) groups excluding carboxylic acids is 1. The number of nitrogens with two attached hydrogens (primary N) is 1. The number of nitrogens with one attached hydrogen (secondary N) is 1.